The second-order valence-corrected chi connectivity index (χ2v) is 12.8. The summed E-state index contributed by atoms with van der Waals surface area (Å²) in [6, 6.07) is 20.6. The monoisotopic (exact) mass is 607 g/mol. The number of methoxy groups -OCH3 is 1. The summed E-state index contributed by atoms with van der Waals surface area (Å²) in [5, 5.41) is 3.95. The van der Waals surface area contributed by atoms with Crippen LogP contribution in [0, 0.1) is 11.7 Å². The normalized spacial score (nSPS) is 18.0. The number of aryl methyl sites for hydroxylation is 1. The second-order valence-electron chi connectivity index (χ2n) is 11.1. The standard InChI is InChI=1S/C33H38FN3O5S/c1-22(23-4-11-27(34)12-5-23)35-33(38)25-6-13-28(14-7-25)36-43(39,40)30-17-10-26-20-31(37(2)32(26)21-30)24-8-15-29(16-9-24)42-19-18-41-3/h4-5,8-12,15-17,20-22,25,28,36H,6-7,13-14,18-19H2,1-3H3,(H,35,38)/t22-,25?,28?/m1/s1. The zero-order valence-electron chi connectivity index (χ0n) is 24.7. The lowest BCUT2D eigenvalue weighted by molar-refractivity contribution is -0.126. The molecule has 1 aliphatic carbocycles. The molecule has 228 valence electrons. The predicted molar refractivity (Wildman–Crippen MR) is 165 cm³/mol. The molecule has 10 heteroatoms. The Morgan fingerprint density at radius 2 is 1.67 bits per heavy atom. The van der Waals surface area contributed by atoms with Crippen LogP contribution in [0.25, 0.3) is 22.2 Å². The van der Waals surface area contributed by atoms with Crippen LogP contribution in [-0.2, 0) is 26.6 Å². The third kappa shape index (κ3) is 7.26. The van der Waals surface area contributed by atoms with E-state index in [-0.39, 0.29) is 34.6 Å². The van der Waals surface area contributed by atoms with Gasteiger partial charge in [-0.2, -0.15) is 0 Å². The first-order valence-corrected chi connectivity index (χ1v) is 16.0. The number of hydrogen-bond acceptors (Lipinski definition) is 5. The largest absolute Gasteiger partial charge is 0.491 e. The number of benzene rings is 3. The van der Waals surface area contributed by atoms with Crippen LogP contribution in [0.5, 0.6) is 5.75 Å². The predicted octanol–water partition coefficient (Wildman–Crippen LogP) is 5.72. The molecule has 2 N–H and O–H groups in total. The van der Waals surface area contributed by atoms with Gasteiger partial charge < -0.3 is 19.4 Å². The number of aromatic nitrogens is 1. The van der Waals surface area contributed by atoms with Gasteiger partial charge in [-0.15, -0.1) is 0 Å². The minimum Gasteiger partial charge on any atom is -0.491 e. The Morgan fingerprint density at radius 1 is 0.977 bits per heavy atom. The van der Waals surface area contributed by atoms with Gasteiger partial charge in [0.05, 0.1) is 17.5 Å². The van der Waals surface area contributed by atoms with Gasteiger partial charge in [0, 0.05) is 42.7 Å². The van der Waals surface area contributed by atoms with Gasteiger partial charge in [-0.05, 0) is 98.3 Å². The van der Waals surface area contributed by atoms with Crippen LogP contribution in [0.1, 0.15) is 44.2 Å². The van der Waals surface area contributed by atoms with Crippen molar-refractivity contribution in [1.82, 2.24) is 14.6 Å². The minimum absolute atomic E-state index is 0.0589. The number of carbonyl (C=O) groups is 1. The Balaban J connectivity index is 1.20. The summed E-state index contributed by atoms with van der Waals surface area (Å²) in [6.07, 6.45) is 2.32. The highest BCUT2D eigenvalue weighted by molar-refractivity contribution is 7.89. The van der Waals surface area contributed by atoms with E-state index in [4.69, 9.17) is 9.47 Å². The fourth-order valence-corrected chi connectivity index (χ4v) is 6.97. The summed E-state index contributed by atoms with van der Waals surface area (Å²) in [6.45, 7) is 2.86. The van der Waals surface area contributed by atoms with Crippen molar-refractivity contribution in [1.29, 1.82) is 0 Å². The van der Waals surface area contributed by atoms with Crippen LogP contribution in [0.4, 0.5) is 4.39 Å². The zero-order chi connectivity index (χ0) is 30.6. The minimum atomic E-state index is -3.76. The van der Waals surface area contributed by atoms with Gasteiger partial charge in [-0.25, -0.2) is 17.5 Å². The molecule has 1 amide bonds. The SMILES string of the molecule is COCCOc1ccc(-c2cc3ccc(S(=O)(=O)NC4CCC(C(=O)N[C@H](C)c5ccc(F)cc5)CC4)cc3n2C)cc1. The fourth-order valence-electron chi connectivity index (χ4n) is 5.65. The van der Waals surface area contributed by atoms with Crippen LogP contribution in [0.3, 0.4) is 0 Å². The van der Waals surface area contributed by atoms with Gasteiger partial charge in [-0.1, -0.05) is 18.2 Å². The molecule has 8 nitrogen and oxygen atoms in total. The fraction of sp³-hybridized carbons (Fsp3) is 0.364. The number of amides is 1. The summed E-state index contributed by atoms with van der Waals surface area (Å²) < 4.78 is 55.5. The van der Waals surface area contributed by atoms with E-state index < -0.39 is 10.0 Å². The quantitative estimate of drug-likeness (QED) is 0.213. The Bertz CT molecular complexity index is 1660. The maximum atomic E-state index is 13.4. The zero-order valence-corrected chi connectivity index (χ0v) is 25.5. The van der Waals surface area contributed by atoms with Crippen LogP contribution < -0.4 is 14.8 Å². The molecule has 1 aromatic heterocycles. The lowest BCUT2D eigenvalue weighted by Gasteiger charge is -2.29. The maximum absolute atomic E-state index is 13.4. The average molecular weight is 608 g/mol. The maximum Gasteiger partial charge on any atom is 0.240 e. The summed E-state index contributed by atoms with van der Waals surface area (Å²) in [7, 11) is -0.201. The molecule has 1 aliphatic rings. The summed E-state index contributed by atoms with van der Waals surface area (Å²) >= 11 is 0. The number of carbonyl (C=O) groups excluding carboxylic acids is 1. The average Bonchev–Trinajstić information content (AvgIpc) is 3.33. The van der Waals surface area contributed by atoms with Crippen molar-refractivity contribution in [2.24, 2.45) is 13.0 Å². The molecule has 43 heavy (non-hydrogen) atoms. The van der Waals surface area contributed by atoms with Gasteiger partial charge in [-0.3, -0.25) is 4.79 Å². The van der Waals surface area contributed by atoms with Crippen molar-refractivity contribution in [2.45, 2.75) is 49.6 Å². The molecule has 1 fully saturated rings. The van der Waals surface area contributed by atoms with E-state index in [9.17, 15) is 17.6 Å². The molecule has 1 saturated carbocycles. The van der Waals surface area contributed by atoms with Crippen LogP contribution in [0.2, 0.25) is 0 Å². The molecular weight excluding hydrogens is 569 g/mol. The Labute approximate surface area is 252 Å². The topological polar surface area (TPSA) is 98.7 Å². The first-order valence-electron chi connectivity index (χ1n) is 14.5. The number of sulfonamides is 1. The number of nitrogens with zero attached hydrogens (tertiary/aromatic N) is 1. The molecule has 1 heterocycles. The highest BCUT2D eigenvalue weighted by Gasteiger charge is 2.30. The van der Waals surface area contributed by atoms with Crippen LogP contribution in [0.15, 0.2) is 77.7 Å². The molecule has 0 unspecified atom stereocenters. The first-order chi connectivity index (χ1) is 20.6. The Morgan fingerprint density at radius 3 is 2.35 bits per heavy atom. The smallest absolute Gasteiger partial charge is 0.240 e. The Hall–Kier alpha value is -3.73. The van der Waals surface area contributed by atoms with E-state index in [0.29, 0.717) is 38.9 Å². The molecule has 0 radical (unpaired) electrons. The molecule has 0 spiro atoms. The van der Waals surface area contributed by atoms with Crippen molar-refractivity contribution in [3.8, 4) is 17.0 Å². The number of nitrogens with one attached hydrogen (secondary N) is 2. The molecule has 1 atom stereocenters. The van der Waals surface area contributed by atoms with Crippen molar-refractivity contribution in [3.63, 3.8) is 0 Å². The molecule has 4 aromatic rings. The van der Waals surface area contributed by atoms with Crippen molar-refractivity contribution in [2.75, 3.05) is 20.3 Å². The van der Waals surface area contributed by atoms with E-state index >= 15 is 0 Å². The number of rotatable bonds is 11. The van der Waals surface area contributed by atoms with Crippen molar-refractivity contribution >= 4 is 26.8 Å². The van der Waals surface area contributed by atoms with Gasteiger partial charge in [0.2, 0.25) is 15.9 Å². The highest BCUT2D eigenvalue weighted by atomic mass is 32.2. The molecule has 0 bridgehead atoms. The molecular formula is C33H38FN3O5S. The van der Waals surface area contributed by atoms with E-state index in [1.54, 1.807) is 31.4 Å². The third-order valence-electron chi connectivity index (χ3n) is 8.18. The van der Waals surface area contributed by atoms with Gasteiger partial charge >= 0.3 is 0 Å². The summed E-state index contributed by atoms with van der Waals surface area (Å²) in [4.78, 5) is 13.1. The summed E-state index contributed by atoms with van der Waals surface area (Å²) in [5.74, 6) is 0.195. The van der Waals surface area contributed by atoms with Crippen molar-refractivity contribution in [3.05, 3.63) is 84.2 Å². The van der Waals surface area contributed by atoms with Gasteiger partial charge in [0.1, 0.15) is 18.2 Å². The number of halogens is 1. The highest BCUT2D eigenvalue weighted by Crippen LogP contribution is 2.31. The van der Waals surface area contributed by atoms with Crippen molar-refractivity contribution < 1.29 is 27.1 Å². The lowest BCUT2D eigenvalue weighted by Crippen LogP contribution is -2.41. The summed E-state index contributed by atoms with van der Waals surface area (Å²) in [5.41, 5.74) is 3.60. The second kappa shape index (κ2) is 13.3. The van der Waals surface area contributed by atoms with Gasteiger partial charge in [0.15, 0.2) is 0 Å². The number of hydrogen-bond donors (Lipinski definition) is 2. The van der Waals surface area contributed by atoms with Crippen LogP contribution in [-0.4, -0.2) is 45.3 Å². The van der Waals surface area contributed by atoms with E-state index in [2.05, 4.69) is 10.0 Å². The van der Waals surface area contributed by atoms with E-state index in [1.807, 2.05) is 54.9 Å². The molecule has 5 rings (SSSR count). The lowest BCUT2D eigenvalue weighted by atomic mass is 9.85. The molecule has 0 aliphatic heterocycles. The number of fused-ring (bicyclic) bond motifs is 1. The third-order valence-corrected chi connectivity index (χ3v) is 9.70. The van der Waals surface area contributed by atoms with Gasteiger partial charge in [0.25, 0.3) is 0 Å². The molecule has 0 saturated heterocycles. The number of ether oxygens (including phenoxy) is 2. The first kappa shape index (κ1) is 30.7. The van der Waals surface area contributed by atoms with E-state index in [0.717, 1.165) is 33.5 Å². The van der Waals surface area contributed by atoms with E-state index in [1.165, 1.54) is 12.1 Å². The Kier molecular flexibility index (Phi) is 9.49. The molecule has 3 aromatic carbocycles. The van der Waals surface area contributed by atoms with Crippen LogP contribution >= 0.6 is 0 Å².